The van der Waals surface area contributed by atoms with Gasteiger partial charge in [-0.25, -0.2) is 8.78 Å². The van der Waals surface area contributed by atoms with E-state index in [1.807, 2.05) is 6.92 Å². The zero-order valence-corrected chi connectivity index (χ0v) is 11.2. The molecule has 1 unspecified atom stereocenters. The van der Waals surface area contributed by atoms with Gasteiger partial charge < -0.3 is 10.2 Å². The van der Waals surface area contributed by atoms with Crippen LogP contribution in [0.4, 0.5) is 8.78 Å². The van der Waals surface area contributed by atoms with Gasteiger partial charge in [0.15, 0.2) is 11.6 Å². The lowest BCUT2D eigenvalue weighted by atomic mass is 10.1. The van der Waals surface area contributed by atoms with E-state index in [4.69, 9.17) is 0 Å². The van der Waals surface area contributed by atoms with E-state index >= 15 is 0 Å². The van der Waals surface area contributed by atoms with E-state index in [0.717, 1.165) is 12.1 Å². The van der Waals surface area contributed by atoms with Gasteiger partial charge in [-0.2, -0.15) is 0 Å². The summed E-state index contributed by atoms with van der Waals surface area (Å²) < 4.78 is 26.0. The first-order valence-corrected chi connectivity index (χ1v) is 6.50. The van der Waals surface area contributed by atoms with Crippen molar-refractivity contribution in [3.63, 3.8) is 0 Å². The Morgan fingerprint density at radius 2 is 2.15 bits per heavy atom. The summed E-state index contributed by atoms with van der Waals surface area (Å²) >= 11 is 0. The summed E-state index contributed by atoms with van der Waals surface area (Å²) in [5, 5.41) is 2.61. The molecule has 0 saturated carbocycles. The minimum absolute atomic E-state index is 0.132. The summed E-state index contributed by atoms with van der Waals surface area (Å²) in [5.41, 5.74) is 0.524. The largest absolute Gasteiger partial charge is 0.355 e. The van der Waals surface area contributed by atoms with Crippen molar-refractivity contribution in [3.8, 4) is 0 Å². The van der Waals surface area contributed by atoms with Crippen molar-refractivity contribution in [2.75, 3.05) is 13.1 Å². The van der Waals surface area contributed by atoms with Gasteiger partial charge in [0.05, 0.1) is 5.92 Å². The van der Waals surface area contributed by atoms with Crippen LogP contribution >= 0.6 is 0 Å². The highest BCUT2D eigenvalue weighted by Gasteiger charge is 2.30. The highest BCUT2D eigenvalue weighted by molar-refractivity contribution is 5.89. The molecule has 6 heteroatoms. The SMILES string of the molecule is CCN(Cc1ccc(F)c(F)c1)C(=O)C1CNC(=O)C1. The van der Waals surface area contributed by atoms with Crippen molar-refractivity contribution < 1.29 is 18.4 Å². The third-order valence-electron chi connectivity index (χ3n) is 3.38. The fraction of sp³-hybridized carbons (Fsp3) is 0.429. The Balaban J connectivity index is 2.06. The molecule has 0 radical (unpaired) electrons. The van der Waals surface area contributed by atoms with Crippen molar-refractivity contribution in [1.29, 1.82) is 0 Å². The standard InChI is InChI=1S/C14H16F2N2O2/c1-2-18(14(20)10-6-13(19)17-7-10)8-9-3-4-11(15)12(16)5-9/h3-5,10H,2,6-8H2,1H3,(H,17,19). The lowest BCUT2D eigenvalue weighted by Gasteiger charge is -2.23. The maximum atomic E-state index is 13.2. The molecule has 1 saturated heterocycles. The number of halogens is 2. The van der Waals surface area contributed by atoms with Crippen LogP contribution in [0.3, 0.4) is 0 Å². The van der Waals surface area contributed by atoms with Gasteiger partial charge in [-0.15, -0.1) is 0 Å². The summed E-state index contributed by atoms with van der Waals surface area (Å²) in [5.74, 6) is -2.48. The third-order valence-corrected chi connectivity index (χ3v) is 3.38. The number of nitrogens with zero attached hydrogens (tertiary/aromatic N) is 1. The van der Waals surface area contributed by atoms with Gasteiger partial charge in [0.25, 0.3) is 0 Å². The average Bonchev–Trinajstić information content (AvgIpc) is 2.86. The molecular weight excluding hydrogens is 266 g/mol. The van der Waals surface area contributed by atoms with E-state index in [1.165, 1.54) is 11.0 Å². The van der Waals surface area contributed by atoms with Gasteiger partial charge >= 0.3 is 0 Å². The van der Waals surface area contributed by atoms with Gasteiger partial charge in [-0.3, -0.25) is 9.59 Å². The zero-order valence-electron chi connectivity index (χ0n) is 11.2. The van der Waals surface area contributed by atoms with Crippen molar-refractivity contribution in [1.82, 2.24) is 10.2 Å². The van der Waals surface area contributed by atoms with Crippen LogP contribution in [0.2, 0.25) is 0 Å². The second-order valence-corrected chi connectivity index (χ2v) is 4.81. The lowest BCUT2D eigenvalue weighted by molar-refractivity contribution is -0.136. The number of carbonyl (C=O) groups excluding carboxylic acids is 2. The quantitative estimate of drug-likeness (QED) is 0.908. The minimum atomic E-state index is -0.927. The van der Waals surface area contributed by atoms with Crippen molar-refractivity contribution in [2.24, 2.45) is 5.92 Å². The molecule has 0 bridgehead atoms. The summed E-state index contributed by atoms with van der Waals surface area (Å²) in [7, 11) is 0. The summed E-state index contributed by atoms with van der Waals surface area (Å²) in [6.07, 6.45) is 0.188. The Bertz CT molecular complexity index is 534. The van der Waals surface area contributed by atoms with Crippen LogP contribution in [0.25, 0.3) is 0 Å². The number of benzene rings is 1. The molecule has 1 aromatic carbocycles. The normalized spacial score (nSPS) is 17.9. The molecule has 4 nitrogen and oxygen atoms in total. The molecule has 1 fully saturated rings. The Morgan fingerprint density at radius 1 is 1.40 bits per heavy atom. The number of rotatable bonds is 4. The van der Waals surface area contributed by atoms with Crippen LogP contribution < -0.4 is 5.32 Å². The number of amides is 2. The van der Waals surface area contributed by atoms with Gasteiger partial charge in [-0.05, 0) is 24.6 Å². The Labute approximate surface area is 115 Å². The Hall–Kier alpha value is -1.98. The average molecular weight is 282 g/mol. The molecule has 0 spiro atoms. The van der Waals surface area contributed by atoms with E-state index in [1.54, 1.807) is 0 Å². The first-order chi connectivity index (χ1) is 9.51. The van der Waals surface area contributed by atoms with Crippen LogP contribution in [0, 0.1) is 17.6 Å². The van der Waals surface area contributed by atoms with Crippen molar-refractivity contribution >= 4 is 11.8 Å². The van der Waals surface area contributed by atoms with Crippen LogP contribution in [0.15, 0.2) is 18.2 Å². The predicted molar refractivity (Wildman–Crippen MR) is 68.6 cm³/mol. The van der Waals surface area contributed by atoms with Gasteiger partial charge in [-0.1, -0.05) is 6.07 Å². The molecule has 1 atom stereocenters. The minimum Gasteiger partial charge on any atom is -0.355 e. The molecule has 0 aliphatic carbocycles. The van der Waals surface area contributed by atoms with Gasteiger partial charge in [0, 0.05) is 26.1 Å². The van der Waals surface area contributed by atoms with Crippen LogP contribution in [0.1, 0.15) is 18.9 Å². The topological polar surface area (TPSA) is 49.4 Å². The maximum Gasteiger partial charge on any atom is 0.228 e. The van der Waals surface area contributed by atoms with E-state index < -0.39 is 11.6 Å². The van der Waals surface area contributed by atoms with E-state index in [0.29, 0.717) is 18.7 Å². The molecule has 1 aliphatic rings. The third kappa shape index (κ3) is 3.12. The number of hydrogen-bond acceptors (Lipinski definition) is 2. The molecule has 0 aromatic heterocycles. The lowest BCUT2D eigenvalue weighted by Crippen LogP contribution is -2.36. The molecule has 1 heterocycles. The smallest absolute Gasteiger partial charge is 0.228 e. The van der Waals surface area contributed by atoms with Crippen LogP contribution in [-0.2, 0) is 16.1 Å². The fourth-order valence-corrected chi connectivity index (χ4v) is 2.24. The van der Waals surface area contributed by atoms with Crippen molar-refractivity contribution in [2.45, 2.75) is 19.9 Å². The monoisotopic (exact) mass is 282 g/mol. The summed E-state index contributed by atoms with van der Waals surface area (Å²) in [6, 6.07) is 3.58. The molecule has 1 aromatic rings. The van der Waals surface area contributed by atoms with E-state index in [9.17, 15) is 18.4 Å². The van der Waals surface area contributed by atoms with Crippen LogP contribution in [0.5, 0.6) is 0 Å². The number of nitrogens with one attached hydrogen (secondary N) is 1. The summed E-state index contributed by atoms with van der Waals surface area (Å²) in [4.78, 5) is 24.9. The second kappa shape index (κ2) is 5.98. The number of carbonyl (C=O) groups is 2. The Kier molecular flexibility index (Phi) is 4.32. The molecule has 1 aliphatic heterocycles. The maximum absolute atomic E-state index is 13.2. The van der Waals surface area contributed by atoms with Crippen LogP contribution in [-0.4, -0.2) is 29.8 Å². The fourth-order valence-electron chi connectivity index (χ4n) is 2.24. The predicted octanol–water partition coefficient (Wildman–Crippen LogP) is 1.45. The zero-order chi connectivity index (χ0) is 14.7. The molecule has 1 N–H and O–H groups in total. The van der Waals surface area contributed by atoms with Gasteiger partial charge in [0.2, 0.25) is 11.8 Å². The highest BCUT2D eigenvalue weighted by Crippen LogP contribution is 2.16. The molecule has 108 valence electrons. The van der Waals surface area contributed by atoms with Crippen molar-refractivity contribution in [3.05, 3.63) is 35.4 Å². The Morgan fingerprint density at radius 3 is 2.70 bits per heavy atom. The summed E-state index contributed by atoms with van der Waals surface area (Å²) in [6.45, 7) is 2.80. The second-order valence-electron chi connectivity index (χ2n) is 4.81. The van der Waals surface area contributed by atoms with E-state index in [-0.39, 0.29) is 30.7 Å². The molecule has 2 rings (SSSR count). The first-order valence-electron chi connectivity index (χ1n) is 6.50. The molecule has 2 amide bonds. The molecular formula is C14H16F2N2O2. The van der Waals surface area contributed by atoms with Gasteiger partial charge in [0.1, 0.15) is 0 Å². The van der Waals surface area contributed by atoms with E-state index in [2.05, 4.69) is 5.32 Å². The molecule has 20 heavy (non-hydrogen) atoms. The first kappa shape index (κ1) is 14.4. The number of hydrogen-bond donors (Lipinski definition) is 1. The highest BCUT2D eigenvalue weighted by atomic mass is 19.2.